The number of nitrogens with one attached hydrogen (secondary N) is 3. The van der Waals surface area contributed by atoms with Crippen LogP contribution in [-0.4, -0.2) is 81.1 Å². The minimum Gasteiger partial charge on any atom is -0.367 e. The molecule has 3 aromatic rings. The van der Waals surface area contributed by atoms with E-state index in [0.29, 0.717) is 17.8 Å². The van der Waals surface area contributed by atoms with Crippen LogP contribution in [0.25, 0.3) is 0 Å². The van der Waals surface area contributed by atoms with Gasteiger partial charge in [-0.15, -0.1) is 0 Å². The first kappa shape index (κ1) is 30.6. The van der Waals surface area contributed by atoms with E-state index in [2.05, 4.69) is 86.4 Å². The number of hydrogen-bond acceptors (Lipinski definition) is 5. The molecule has 0 atom stereocenters. The highest BCUT2D eigenvalue weighted by molar-refractivity contribution is 5.99. The van der Waals surface area contributed by atoms with Crippen molar-refractivity contribution < 1.29 is 9.59 Å². The number of amides is 3. The third-order valence-corrected chi connectivity index (χ3v) is 8.54. The summed E-state index contributed by atoms with van der Waals surface area (Å²) >= 11 is 0. The molecule has 1 saturated carbocycles. The zero-order chi connectivity index (χ0) is 30.0. The van der Waals surface area contributed by atoms with Crippen LogP contribution in [0.4, 0.5) is 16.2 Å². The molecule has 228 valence electrons. The Kier molecular flexibility index (Phi) is 10.7. The molecular weight excluding hydrogens is 536 g/mol. The van der Waals surface area contributed by atoms with E-state index in [1.54, 1.807) is 0 Å². The standard InChI is InChI=1S/C35H46N6O2/c1-39(2)21-20-36-34(42)29-18-19-32(31(26-29)38-35(43)37-30-16-10-5-11-17-30)40-22-24-41(25-23-40)33(27-12-6-3-7-13-27)28-14-8-4-9-15-28/h3-4,6-9,12-15,18-19,26,30,33H,5,10-11,16-17,20-25H2,1-2H3,(H,36,42)(H2,37,38,43). The summed E-state index contributed by atoms with van der Waals surface area (Å²) in [5.74, 6) is -0.137. The average Bonchev–Trinajstić information content (AvgIpc) is 3.03. The summed E-state index contributed by atoms with van der Waals surface area (Å²) in [4.78, 5) is 33.0. The van der Waals surface area contributed by atoms with Crippen molar-refractivity contribution in [1.82, 2.24) is 20.4 Å². The summed E-state index contributed by atoms with van der Waals surface area (Å²) in [6.45, 7) is 4.68. The number of benzene rings is 3. The molecule has 43 heavy (non-hydrogen) atoms. The molecule has 3 aromatic carbocycles. The highest BCUT2D eigenvalue weighted by atomic mass is 16.2. The maximum atomic E-state index is 13.1. The van der Waals surface area contributed by atoms with Crippen LogP contribution in [-0.2, 0) is 0 Å². The Balaban J connectivity index is 1.33. The molecule has 0 bridgehead atoms. The normalized spacial score (nSPS) is 16.3. The van der Waals surface area contributed by atoms with E-state index in [1.165, 1.54) is 17.5 Å². The second kappa shape index (κ2) is 15.0. The molecule has 0 radical (unpaired) electrons. The van der Waals surface area contributed by atoms with E-state index in [4.69, 9.17) is 0 Å². The van der Waals surface area contributed by atoms with E-state index in [1.807, 2.05) is 37.2 Å². The molecule has 1 aliphatic carbocycles. The molecule has 0 spiro atoms. The van der Waals surface area contributed by atoms with Crippen molar-refractivity contribution in [1.29, 1.82) is 0 Å². The van der Waals surface area contributed by atoms with Gasteiger partial charge in [0, 0.05) is 50.9 Å². The van der Waals surface area contributed by atoms with Gasteiger partial charge in [-0.05, 0) is 56.3 Å². The van der Waals surface area contributed by atoms with Crippen LogP contribution in [0.2, 0.25) is 0 Å². The zero-order valence-electron chi connectivity index (χ0n) is 25.6. The molecular formula is C35H46N6O2. The Hall–Kier alpha value is -3.88. The lowest BCUT2D eigenvalue weighted by atomic mass is 9.96. The third kappa shape index (κ3) is 8.36. The SMILES string of the molecule is CN(C)CCNC(=O)c1ccc(N2CCN(C(c3ccccc3)c3ccccc3)CC2)c(NC(=O)NC2CCCCC2)c1. The lowest BCUT2D eigenvalue weighted by Crippen LogP contribution is -2.48. The van der Waals surface area contributed by atoms with Crippen LogP contribution in [0, 0.1) is 0 Å². The molecule has 2 fully saturated rings. The number of hydrogen-bond donors (Lipinski definition) is 3. The number of anilines is 2. The van der Waals surface area contributed by atoms with Crippen LogP contribution < -0.4 is 20.9 Å². The van der Waals surface area contributed by atoms with Crippen LogP contribution in [0.3, 0.4) is 0 Å². The predicted octanol–water partition coefficient (Wildman–Crippen LogP) is 5.34. The van der Waals surface area contributed by atoms with Gasteiger partial charge in [0.05, 0.1) is 17.4 Å². The van der Waals surface area contributed by atoms with Crippen LogP contribution in [0.1, 0.15) is 59.6 Å². The second-order valence-electron chi connectivity index (χ2n) is 12.0. The molecule has 8 nitrogen and oxygen atoms in total. The lowest BCUT2D eigenvalue weighted by molar-refractivity contribution is 0.0951. The maximum absolute atomic E-state index is 13.1. The maximum Gasteiger partial charge on any atom is 0.319 e. The minimum absolute atomic E-state index is 0.137. The average molecular weight is 583 g/mol. The van der Waals surface area contributed by atoms with Gasteiger partial charge < -0.3 is 25.8 Å². The largest absolute Gasteiger partial charge is 0.367 e. The van der Waals surface area contributed by atoms with Crippen molar-refractivity contribution in [3.05, 3.63) is 95.6 Å². The number of carbonyl (C=O) groups excluding carboxylic acids is 2. The topological polar surface area (TPSA) is 80.0 Å². The number of rotatable bonds is 10. The van der Waals surface area contributed by atoms with Gasteiger partial charge in [-0.1, -0.05) is 79.9 Å². The van der Waals surface area contributed by atoms with E-state index in [0.717, 1.165) is 64.1 Å². The summed E-state index contributed by atoms with van der Waals surface area (Å²) < 4.78 is 0. The van der Waals surface area contributed by atoms with Crippen molar-refractivity contribution in [3.8, 4) is 0 Å². The Bertz CT molecular complexity index is 1280. The fourth-order valence-electron chi connectivity index (χ4n) is 6.24. The van der Waals surface area contributed by atoms with Crippen LogP contribution in [0.15, 0.2) is 78.9 Å². The monoisotopic (exact) mass is 582 g/mol. The number of likely N-dealkylation sites (N-methyl/N-ethyl adjacent to an activating group) is 1. The predicted molar refractivity (Wildman–Crippen MR) is 175 cm³/mol. The fourth-order valence-corrected chi connectivity index (χ4v) is 6.24. The Morgan fingerprint density at radius 3 is 2.07 bits per heavy atom. The molecule has 2 aliphatic rings. The van der Waals surface area contributed by atoms with E-state index >= 15 is 0 Å². The number of carbonyl (C=O) groups is 2. The van der Waals surface area contributed by atoms with E-state index in [9.17, 15) is 9.59 Å². The van der Waals surface area contributed by atoms with Crippen LogP contribution in [0.5, 0.6) is 0 Å². The summed E-state index contributed by atoms with van der Waals surface area (Å²) in [5.41, 5.74) is 4.73. The first-order valence-corrected chi connectivity index (χ1v) is 15.7. The molecule has 1 saturated heterocycles. The molecule has 3 N–H and O–H groups in total. The molecule has 8 heteroatoms. The summed E-state index contributed by atoms with van der Waals surface area (Å²) in [6.07, 6.45) is 5.56. The summed E-state index contributed by atoms with van der Waals surface area (Å²) in [7, 11) is 3.96. The smallest absolute Gasteiger partial charge is 0.319 e. The van der Waals surface area contributed by atoms with Gasteiger partial charge in [-0.25, -0.2) is 4.79 Å². The minimum atomic E-state index is -0.204. The second-order valence-corrected chi connectivity index (χ2v) is 12.0. The van der Waals surface area contributed by atoms with Gasteiger partial charge >= 0.3 is 6.03 Å². The van der Waals surface area contributed by atoms with Crippen molar-refractivity contribution in [2.45, 2.75) is 44.2 Å². The molecule has 1 aliphatic heterocycles. The lowest BCUT2D eigenvalue weighted by Gasteiger charge is -2.41. The van der Waals surface area contributed by atoms with Crippen molar-refractivity contribution in [3.63, 3.8) is 0 Å². The van der Waals surface area contributed by atoms with Gasteiger partial charge in [0.1, 0.15) is 0 Å². The van der Waals surface area contributed by atoms with Crippen LogP contribution >= 0.6 is 0 Å². The Labute approximate surface area is 256 Å². The van der Waals surface area contributed by atoms with Gasteiger partial charge in [-0.2, -0.15) is 0 Å². The third-order valence-electron chi connectivity index (χ3n) is 8.54. The summed E-state index contributed by atoms with van der Waals surface area (Å²) in [5, 5.41) is 9.28. The summed E-state index contributed by atoms with van der Waals surface area (Å²) in [6, 6.07) is 27.2. The number of piperazine rings is 1. The van der Waals surface area contributed by atoms with E-state index in [-0.39, 0.29) is 24.0 Å². The van der Waals surface area contributed by atoms with Crippen molar-refractivity contribution >= 4 is 23.3 Å². The van der Waals surface area contributed by atoms with Crippen molar-refractivity contribution in [2.24, 2.45) is 0 Å². The Morgan fingerprint density at radius 1 is 0.837 bits per heavy atom. The van der Waals surface area contributed by atoms with Gasteiger partial charge in [0.2, 0.25) is 0 Å². The number of urea groups is 1. The highest BCUT2D eigenvalue weighted by Gasteiger charge is 2.28. The van der Waals surface area contributed by atoms with Crippen molar-refractivity contribution in [2.75, 3.05) is 63.6 Å². The zero-order valence-corrected chi connectivity index (χ0v) is 25.6. The van der Waals surface area contributed by atoms with E-state index < -0.39 is 0 Å². The first-order chi connectivity index (χ1) is 21.0. The Morgan fingerprint density at radius 2 is 1.47 bits per heavy atom. The number of nitrogens with zero attached hydrogens (tertiary/aromatic N) is 3. The van der Waals surface area contributed by atoms with Gasteiger partial charge in [0.25, 0.3) is 5.91 Å². The molecule has 1 heterocycles. The quantitative estimate of drug-likeness (QED) is 0.301. The first-order valence-electron chi connectivity index (χ1n) is 15.7. The molecule has 5 rings (SSSR count). The molecule has 3 amide bonds. The molecule has 0 aromatic heterocycles. The fraction of sp³-hybridized carbons (Fsp3) is 0.429. The molecule has 0 unspecified atom stereocenters. The van der Waals surface area contributed by atoms with Gasteiger partial charge in [-0.3, -0.25) is 9.69 Å². The van der Waals surface area contributed by atoms with Gasteiger partial charge in [0.15, 0.2) is 0 Å². The highest BCUT2D eigenvalue weighted by Crippen LogP contribution is 2.33.